The molecule has 142 valence electrons. The zero-order chi connectivity index (χ0) is 18.0. The summed E-state index contributed by atoms with van der Waals surface area (Å²) in [5, 5.41) is 0. The molecule has 1 aromatic heterocycles. The van der Waals surface area contributed by atoms with E-state index in [1.54, 1.807) is 13.4 Å². The van der Waals surface area contributed by atoms with Crippen molar-refractivity contribution in [2.24, 2.45) is 5.41 Å². The third-order valence-electron chi connectivity index (χ3n) is 6.34. The first-order chi connectivity index (χ1) is 12.7. The first-order valence-corrected chi connectivity index (χ1v) is 10.1. The predicted octanol–water partition coefficient (Wildman–Crippen LogP) is 2.21. The predicted molar refractivity (Wildman–Crippen MR) is 100 cm³/mol. The van der Waals surface area contributed by atoms with Crippen molar-refractivity contribution >= 4 is 11.7 Å². The molecule has 1 atom stereocenters. The van der Waals surface area contributed by atoms with Crippen LogP contribution in [0.2, 0.25) is 0 Å². The second-order valence-electron chi connectivity index (χ2n) is 8.16. The Balaban J connectivity index is 1.49. The van der Waals surface area contributed by atoms with Crippen LogP contribution in [0.3, 0.4) is 0 Å². The first-order valence-electron chi connectivity index (χ1n) is 10.1. The van der Waals surface area contributed by atoms with E-state index in [0.717, 1.165) is 64.3 Å². The van der Waals surface area contributed by atoms with Gasteiger partial charge in [-0.15, -0.1) is 0 Å². The van der Waals surface area contributed by atoms with Gasteiger partial charge in [-0.3, -0.25) is 4.79 Å². The van der Waals surface area contributed by atoms with Crippen LogP contribution in [0.25, 0.3) is 0 Å². The zero-order valence-corrected chi connectivity index (χ0v) is 15.9. The maximum absolute atomic E-state index is 12.4. The number of fused-ring (bicyclic) bond motifs is 1. The SMILES string of the molecule is COCCCN1C[C@@]2(CCCN(c3ncnc4c3CCC4)C2)CCC1=O. The fourth-order valence-corrected chi connectivity index (χ4v) is 5.04. The van der Waals surface area contributed by atoms with Gasteiger partial charge in [0.2, 0.25) is 5.91 Å². The van der Waals surface area contributed by atoms with Crippen LogP contribution in [0.5, 0.6) is 0 Å². The minimum absolute atomic E-state index is 0.218. The maximum Gasteiger partial charge on any atom is 0.222 e. The standard InChI is InChI=1S/C20H30N4O2/c1-26-12-4-11-23-13-20(9-7-18(23)25)8-3-10-24(14-20)19-16-5-2-6-17(16)21-15-22-19/h15H,2-14H2,1H3/t20-/m1/s1. The lowest BCUT2D eigenvalue weighted by Gasteiger charge is -2.48. The Labute approximate surface area is 155 Å². The number of likely N-dealkylation sites (tertiary alicyclic amines) is 1. The number of anilines is 1. The van der Waals surface area contributed by atoms with Gasteiger partial charge in [0, 0.05) is 63.0 Å². The zero-order valence-electron chi connectivity index (χ0n) is 15.9. The summed E-state index contributed by atoms with van der Waals surface area (Å²) in [6.45, 7) is 4.51. The van der Waals surface area contributed by atoms with Crippen LogP contribution in [0.1, 0.15) is 49.8 Å². The fourth-order valence-electron chi connectivity index (χ4n) is 5.04. The minimum Gasteiger partial charge on any atom is -0.385 e. The number of aryl methyl sites for hydroxylation is 1. The number of hydrogen-bond donors (Lipinski definition) is 0. The van der Waals surface area contributed by atoms with Gasteiger partial charge in [-0.05, 0) is 44.9 Å². The molecule has 0 aromatic carbocycles. The van der Waals surface area contributed by atoms with E-state index < -0.39 is 0 Å². The van der Waals surface area contributed by atoms with E-state index >= 15 is 0 Å². The van der Waals surface area contributed by atoms with Crippen molar-refractivity contribution in [3.8, 4) is 0 Å². The molecule has 1 amide bonds. The van der Waals surface area contributed by atoms with Gasteiger partial charge in [-0.2, -0.15) is 0 Å². The van der Waals surface area contributed by atoms with E-state index in [2.05, 4.69) is 19.8 Å². The lowest BCUT2D eigenvalue weighted by molar-refractivity contribution is -0.138. The Hall–Kier alpha value is -1.69. The molecule has 0 unspecified atom stereocenters. The Kier molecular flexibility index (Phi) is 5.11. The molecule has 2 aliphatic heterocycles. The van der Waals surface area contributed by atoms with Crippen LogP contribution in [-0.4, -0.2) is 60.7 Å². The van der Waals surface area contributed by atoms with Gasteiger partial charge in [-0.1, -0.05) is 0 Å². The quantitative estimate of drug-likeness (QED) is 0.756. The molecule has 1 aromatic rings. The second-order valence-corrected chi connectivity index (χ2v) is 8.16. The third-order valence-corrected chi connectivity index (χ3v) is 6.34. The summed E-state index contributed by atoms with van der Waals surface area (Å²) < 4.78 is 5.16. The molecule has 26 heavy (non-hydrogen) atoms. The average Bonchev–Trinajstić information content (AvgIpc) is 3.14. The van der Waals surface area contributed by atoms with Crippen molar-refractivity contribution in [2.75, 3.05) is 44.8 Å². The van der Waals surface area contributed by atoms with Gasteiger partial charge in [-0.25, -0.2) is 9.97 Å². The van der Waals surface area contributed by atoms with Gasteiger partial charge < -0.3 is 14.5 Å². The van der Waals surface area contributed by atoms with Crippen molar-refractivity contribution in [1.82, 2.24) is 14.9 Å². The molecule has 6 heteroatoms. The van der Waals surface area contributed by atoms with Gasteiger partial charge in [0.25, 0.3) is 0 Å². The van der Waals surface area contributed by atoms with Gasteiger partial charge >= 0.3 is 0 Å². The number of amides is 1. The highest BCUT2D eigenvalue weighted by Crippen LogP contribution is 2.41. The molecule has 2 fully saturated rings. The normalized spacial score (nSPS) is 25.8. The van der Waals surface area contributed by atoms with Crippen LogP contribution in [0, 0.1) is 5.41 Å². The molecule has 0 radical (unpaired) electrons. The number of piperidine rings is 2. The van der Waals surface area contributed by atoms with Gasteiger partial charge in [0.1, 0.15) is 12.1 Å². The Bertz CT molecular complexity index is 665. The number of ether oxygens (including phenoxy) is 1. The molecule has 0 saturated carbocycles. The van der Waals surface area contributed by atoms with Crippen molar-refractivity contribution in [3.63, 3.8) is 0 Å². The Morgan fingerprint density at radius 3 is 2.96 bits per heavy atom. The largest absolute Gasteiger partial charge is 0.385 e. The number of aromatic nitrogens is 2. The van der Waals surface area contributed by atoms with Crippen molar-refractivity contribution in [3.05, 3.63) is 17.6 Å². The van der Waals surface area contributed by atoms with Crippen molar-refractivity contribution < 1.29 is 9.53 Å². The van der Waals surface area contributed by atoms with E-state index in [1.165, 1.54) is 30.5 Å². The molecule has 3 heterocycles. The molecule has 6 nitrogen and oxygen atoms in total. The number of hydrogen-bond acceptors (Lipinski definition) is 5. The molecule has 0 N–H and O–H groups in total. The number of carbonyl (C=O) groups excluding carboxylic acids is 1. The lowest BCUT2D eigenvalue weighted by Crippen LogP contribution is -2.54. The number of rotatable bonds is 5. The molecular formula is C20H30N4O2. The Morgan fingerprint density at radius 1 is 1.15 bits per heavy atom. The third kappa shape index (κ3) is 3.43. The highest BCUT2D eigenvalue weighted by Gasteiger charge is 2.42. The molecule has 3 aliphatic rings. The molecule has 2 saturated heterocycles. The number of methoxy groups -OCH3 is 1. The van der Waals surface area contributed by atoms with Crippen LogP contribution >= 0.6 is 0 Å². The highest BCUT2D eigenvalue weighted by molar-refractivity contribution is 5.77. The van der Waals surface area contributed by atoms with E-state index in [1.807, 2.05) is 0 Å². The van der Waals surface area contributed by atoms with Gasteiger partial charge in [0.15, 0.2) is 0 Å². The van der Waals surface area contributed by atoms with E-state index in [4.69, 9.17) is 4.74 Å². The summed E-state index contributed by atoms with van der Waals surface area (Å²) in [6.07, 6.45) is 10.1. The summed E-state index contributed by atoms with van der Waals surface area (Å²) in [4.78, 5) is 26.1. The summed E-state index contributed by atoms with van der Waals surface area (Å²) in [7, 11) is 1.72. The summed E-state index contributed by atoms with van der Waals surface area (Å²) in [5.41, 5.74) is 2.83. The number of nitrogens with zero attached hydrogens (tertiary/aromatic N) is 4. The van der Waals surface area contributed by atoms with Gasteiger partial charge in [0.05, 0.1) is 0 Å². The monoisotopic (exact) mass is 358 g/mol. The molecule has 0 bridgehead atoms. The molecule has 1 spiro atoms. The summed E-state index contributed by atoms with van der Waals surface area (Å²) in [5.74, 6) is 1.47. The average molecular weight is 358 g/mol. The van der Waals surface area contributed by atoms with Crippen LogP contribution in [0.4, 0.5) is 5.82 Å². The van der Waals surface area contributed by atoms with Crippen molar-refractivity contribution in [2.45, 2.75) is 51.4 Å². The van der Waals surface area contributed by atoms with E-state index in [9.17, 15) is 4.79 Å². The fraction of sp³-hybridized carbons (Fsp3) is 0.750. The molecule has 4 rings (SSSR count). The van der Waals surface area contributed by atoms with Crippen LogP contribution < -0.4 is 4.90 Å². The smallest absolute Gasteiger partial charge is 0.222 e. The van der Waals surface area contributed by atoms with Crippen LogP contribution in [0.15, 0.2) is 6.33 Å². The number of carbonyl (C=O) groups is 1. The van der Waals surface area contributed by atoms with E-state index in [0.29, 0.717) is 12.3 Å². The Morgan fingerprint density at radius 2 is 2.08 bits per heavy atom. The molecular weight excluding hydrogens is 328 g/mol. The van der Waals surface area contributed by atoms with Crippen LogP contribution in [-0.2, 0) is 22.4 Å². The summed E-state index contributed by atoms with van der Waals surface area (Å²) in [6, 6.07) is 0. The van der Waals surface area contributed by atoms with Crippen molar-refractivity contribution in [1.29, 1.82) is 0 Å². The highest BCUT2D eigenvalue weighted by atomic mass is 16.5. The minimum atomic E-state index is 0.218. The topological polar surface area (TPSA) is 58.6 Å². The first kappa shape index (κ1) is 17.7. The molecule has 1 aliphatic carbocycles. The second kappa shape index (κ2) is 7.51. The lowest BCUT2D eigenvalue weighted by atomic mass is 9.73. The maximum atomic E-state index is 12.4. The summed E-state index contributed by atoms with van der Waals surface area (Å²) >= 11 is 0. The van der Waals surface area contributed by atoms with E-state index in [-0.39, 0.29) is 5.41 Å².